The van der Waals surface area contributed by atoms with Gasteiger partial charge in [-0.25, -0.2) is 0 Å². The zero-order valence-corrected chi connectivity index (χ0v) is 14.2. The Hall–Kier alpha value is -2.80. The lowest BCUT2D eigenvalue weighted by atomic mass is 10.1. The first-order valence-electron chi connectivity index (χ1n) is 8.11. The number of nitriles is 1. The standard InChI is InChI=1S/C20H22N2O2/c1-3-4-11-20(23)22(18-9-5-7-16(12-18)14-21)15-17-8-6-10-19(13-17)24-2/h5-10,12-13H,3-4,11,15H2,1-2H3. The molecule has 24 heavy (non-hydrogen) atoms. The number of hydrogen-bond acceptors (Lipinski definition) is 3. The number of benzene rings is 2. The van der Waals surface area contributed by atoms with E-state index in [1.807, 2.05) is 30.3 Å². The minimum absolute atomic E-state index is 0.0646. The Kier molecular flexibility index (Phi) is 6.39. The normalized spacial score (nSPS) is 10.0. The quantitative estimate of drug-likeness (QED) is 0.764. The molecule has 2 aromatic rings. The van der Waals surface area contributed by atoms with Crippen LogP contribution in [0.3, 0.4) is 0 Å². The van der Waals surface area contributed by atoms with Crippen LogP contribution in [0.4, 0.5) is 5.69 Å². The van der Waals surface area contributed by atoms with Gasteiger partial charge in [-0.1, -0.05) is 31.5 Å². The van der Waals surface area contributed by atoms with Crippen LogP contribution in [0.1, 0.15) is 37.3 Å². The van der Waals surface area contributed by atoms with Gasteiger partial charge in [0.25, 0.3) is 0 Å². The molecule has 0 unspecified atom stereocenters. The van der Waals surface area contributed by atoms with Crippen molar-refractivity contribution < 1.29 is 9.53 Å². The highest BCUT2D eigenvalue weighted by Crippen LogP contribution is 2.22. The van der Waals surface area contributed by atoms with Crippen LogP contribution in [-0.4, -0.2) is 13.0 Å². The minimum Gasteiger partial charge on any atom is -0.497 e. The molecule has 0 heterocycles. The maximum absolute atomic E-state index is 12.7. The number of ether oxygens (including phenoxy) is 1. The van der Waals surface area contributed by atoms with Crippen LogP contribution in [0.2, 0.25) is 0 Å². The highest BCUT2D eigenvalue weighted by molar-refractivity contribution is 5.93. The predicted molar refractivity (Wildman–Crippen MR) is 94.9 cm³/mol. The second-order valence-corrected chi connectivity index (χ2v) is 5.60. The SMILES string of the molecule is CCCCC(=O)N(Cc1cccc(OC)c1)c1cccc(C#N)c1. The number of methoxy groups -OCH3 is 1. The van der Waals surface area contributed by atoms with Gasteiger partial charge in [0, 0.05) is 12.1 Å². The summed E-state index contributed by atoms with van der Waals surface area (Å²) in [4.78, 5) is 14.4. The zero-order chi connectivity index (χ0) is 17.4. The van der Waals surface area contributed by atoms with Crippen molar-refractivity contribution in [1.82, 2.24) is 0 Å². The van der Waals surface area contributed by atoms with Crippen molar-refractivity contribution in [3.05, 3.63) is 59.7 Å². The average molecular weight is 322 g/mol. The second kappa shape index (κ2) is 8.73. The monoisotopic (exact) mass is 322 g/mol. The van der Waals surface area contributed by atoms with E-state index in [1.165, 1.54) is 0 Å². The summed E-state index contributed by atoms with van der Waals surface area (Å²) in [7, 11) is 1.62. The summed E-state index contributed by atoms with van der Waals surface area (Å²) in [5, 5.41) is 9.11. The van der Waals surface area contributed by atoms with E-state index in [-0.39, 0.29) is 5.91 Å². The Morgan fingerprint density at radius 1 is 1.21 bits per heavy atom. The first-order chi connectivity index (χ1) is 11.7. The fourth-order valence-electron chi connectivity index (χ4n) is 2.48. The smallest absolute Gasteiger partial charge is 0.227 e. The van der Waals surface area contributed by atoms with E-state index in [1.54, 1.807) is 30.2 Å². The summed E-state index contributed by atoms with van der Waals surface area (Å²) < 4.78 is 5.26. The molecule has 0 aliphatic rings. The average Bonchev–Trinajstić information content (AvgIpc) is 2.64. The molecule has 0 aliphatic heterocycles. The number of rotatable bonds is 7. The molecule has 0 radical (unpaired) electrons. The predicted octanol–water partition coefficient (Wildman–Crippen LogP) is 4.29. The van der Waals surface area contributed by atoms with Gasteiger partial charge in [0.05, 0.1) is 25.3 Å². The van der Waals surface area contributed by atoms with Gasteiger partial charge < -0.3 is 9.64 Å². The largest absolute Gasteiger partial charge is 0.497 e. The molecule has 4 heteroatoms. The van der Waals surface area contributed by atoms with E-state index in [9.17, 15) is 4.79 Å². The summed E-state index contributed by atoms with van der Waals surface area (Å²) >= 11 is 0. The van der Waals surface area contributed by atoms with Gasteiger partial charge in [0.15, 0.2) is 0 Å². The highest BCUT2D eigenvalue weighted by atomic mass is 16.5. The van der Waals surface area contributed by atoms with E-state index in [0.29, 0.717) is 18.5 Å². The Balaban J connectivity index is 2.31. The number of hydrogen-bond donors (Lipinski definition) is 0. The van der Waals surface area contributed by atoms with Crippen molar-refractivity contribution in [2.75, 3.05) is 12.0 Å². The number of anilines is 1. The third-order valence-electron chi connectivity index (χ3n) is 3.81. The van der Waals surface area contributed by atoms with Crippen molar-refractivity contribution in [2.45, 2.75) is 32.7 Å². The molecule has 4 nitrogen and oxygen atoms in total. The maximum Gasteiger partial charge on any atom is 0.227 e. The number of unbranched alkanes of at least 4 members (excludes halogenated alkanes) is 1. The zero-order valence-electron chi connectivity index (χ0n) is 14.2. The molecule has 0 atom stereocenters. The lowest BCUT2D eigenvalue weighted by Crippen LogP contribution is -2.30. The van der Waals surface area contributed by atoms with Crippen LogP contribution in [0, 0.1) is 11.3 Å². The van der Waals surface area contributed by atoms with Crippen LogP contribution in [0.25, 0.3) is 0 Å². The molecule has 1 amide bonds. The summed E-state index contributed by atoms with van der Waals surface area (Å²) in [5.41, 5.74) is 2.28. The lowest BCUT2D eigenvalue weighted by molar-refractivity contribution is -0.118. The van der Waals surface area contributed by atoms with Gasteiger partial charge in [0.2, 0.25) is 5.91 Å². The molecule has 0 N–H and O–H groups in total. The summed E-state index contributed by atoms with van der Waals surface area (Å²) in [6, 6.07) is 17.0. The fraction of sp³-hybridized carbons (Fsp3) is 0.300. The molecule has 124 valence electrons. The Bertz CT molecular complexity index is 734. The van der Waals surface area contributed by atoms with Crippen molar-refractivity contribution in [2.24, 2.45) is 0 Å². The summed E-state index contributed by atoms with van der Waals surface area (Å²) in [5.74, 6) is 0.828. The minimum atomic E-state index is 0.0646. The van der Waals surface area contributed by atoms with Crippen molar-refractivity contribution in [3.8, 4) is 11.8 Å². The highest BCUT2D eigenvalue weighted by Gasteiger charge is 2.16. The third kappa shape index (κ3) is 4.60. The molecule has 0 saturated carbocycles. The number of carbonyl (C=O) groups excluding carboxylic acids is 1. The molecule has 0 aliphatic carbocycles. The van der Waals surface area contributed by atoms with Crippen LogP contribution >= 0.6 is 0 Å². The van der Waals surface area contributed by atoms with Crippen LogP contribution < -0.4 is 9.64 Å². The number of nitrogens with zero attached hydrogens (tertiary/aromatic N) is 2. The van der Waals surface area contributed by atoms with Gasteiger partial charge in [-0.15, -0.1) is 0 Å². The Morgan fingerprint density at radius 2 is 2.00 bits per heavy atom. The second-order valence-electron chi connectivity index (χ2n) is 5.60. The molecule has 0 spiro atoms. The molecule has 2 aromatic carbocycles. The van der Waals surface area contributed by atoms with E-state index >= 15 is 0 Å². The van der Waals surface area contributed by atoms with Gasteiger partial charge in [-0.2, -0.15) is 5.26 Å². The molecular weight excluding hydrogens is 300 g/mol. The van der Waals surface area contributed by atoms with Crippen LogP contribution in [-0.2, 0) is 11.3 Å². The summed E-state index contributed by atoms with van der Waals surface area (Å²) in [6.45, 7) is 2.52. The topological polar surface area (TPSA) is 53.3 Å². The van der Waals surface area contributed by atoms with Gasteiger partial charge >= 0.3 is 0 Å². The Morgan fingerprint density at radius 3 is 2.71 bits per heavy atom. The first kappa shape index (κ1) is 17.6. The van der Waals surface area contributed by atoms with E-state index in [0.717, 1.165) is 29.8 Å². The van der Waals surface area contributed by atoms with Crippen molar-refractivity contribution in [3.63, 3.8) is 0 Å². The van der Waals surface area contributed by atoms with E-state index in [2.05, 4.69) is 13.0 Å². The van der Waals surface area contributed by atoms with Gasteiger partial charge in [0.1, 0.15) is 5.75 Å². The Labute approximate surface area is 143 Å². The third-order valence-corrected chi connectivity index (χ3v) is 3.81. The van der Waals surface area contributed by atoms with Crippen molar-refractivity contribution in [1.29, 1.82) is 5.26 Å². The van der Waals surface area contributed by atoms with Gasteiger partial charge in [-0.3, -0.25) is 4.79 Å². The fourth-order valence-corrected chi connectivity index (χ4v) is 2.48. The summed E-state index contributed by atoms with van der Waals surface area (Å²) in [6.07, 6.45) is 2.32. The van der Waals surface area contributed by atoms with Crippen LogP contribution in [0.5, 0.6) is 5.75 Å². The van der Waals surface area contributed by atoms with E-state index < -0.39 is 0 Å². The van der Waals surface area contributed by atoms with Gasteiger partial charge in [-0.05, 0) is 42.3 Å². The number of amides is 1. The first-order valence-corrected chi connectivity index (χ1v) is 8.11. The molecule has 0 saturated heterocycles. The maximum atomic E-state index is 12.7. The van der Waals surface area contributed by atoms with Crippen molar-refractivity contribution >= 4 is 11.6 Å². The van der Waals surface area contributed by atoms with E-state index in [4.69, 9.17) is 10.00 Å². The van der Waals surface area contributed by atoms with Crippen LogP contribution in [0.15, 0.2) is 48.5 Å². The molecule has 0 fully saturated rings. The molecule has 2 rings (SSSR count). The number of carbonyl (C=O) groups is 1. The lowest BCUT2D eigenvalue weighted by Gasteiger charge is -2.23. The molecule has 0 bridgehead atoms. The molecular formula is C20H22N2O2. The molecule has 0 aromatic heterocycles.